The van der Waals surface area contributed by atoms with Gasteiger partial charge in [-0.05, 0) is 48.0 Å². The first-order chi connectivity index (χ1) is 8.74. The van der Waals surface area contributed by atoms with Crippen LogP contribution < -0.4 is 4.74 Å². The van der Waals surface area contributed by atoms with Crippen molar-refractivity contribution in [1.82, 2.24) is 0 Å². The van der Waals surface area contributed by atoms with Crippen molar-refractivity contribution in [3.05, 3.63) is 59.2 Å². The summed E-state index contributed by atoms with van der Waals surface area (Å²) in [6.45, 7) is 0.687. The fourth-order valence-electron chi connectivity index (χ4n) is 2.11. The monoisotopic (exact) mass is 240 g/mol. The highest BCUT2D eigenvalue weighted by atomic mass is 16.5. The lowest BCUT2D eigenvalue weighted by Gasteiger charge is -2.04. The van der Waals surface area contributed by atoms with Crippen LogP contribution in [0.2, 0.25) is 0 Å². The molecular formula is C15H12O3. The number of ether oxygens (including phenoxy) is 1. The molecule has 0 fully saturated rings. The predicted molar refractivity (Wildman–Crippen MR) is 67.2 cm³/mol. The van der Waals surface area contributed by atoms with Crippen LogP contribution in [0.15, 0.2) is 42.5 Å². The van der Waals surface area contributed by atoms with Gasteiger partial charge in [0.1, 0.15) is 11.5 Å². The topological polar surface area (TPSA) is 46.5 Å². The molecule has 0 spiro atoms. The number of phenolic OH excluding ortho intramolecular Hbond substituents is 1. The normalized spacial score (nSPS) is 12.9. The van der Waals surface area contributed by atoms with Gasteiger partial charge >= 0.3 is 0 Å². The maximum atomic E-state index is 12.2. The first kappa shape index (κ1) is 10.8. The highest BCUT2D eigenvalue weighted by molar-refractivity contribution is 6.09. The first-order valence-corrected chi connectivity index (χ1v) is 5.83. The van der Waals surface area contributed by atoms with Gasteiger partial charge < -0.3 is 9.84 Å². The summed E-state index contributed by atoms with van der Waals surface area (Å²) in [5.74, 6) is 0.996. The number of benzene rings is 2. The van der Waals surface area contributed by atoms with Crippen LogP contribution in [-0.4, -0.2) is 17.5 Å². The molecule has 0 aliphatic carbocycles. The van der Waals surface area contributed by atoms with E-state index in [0.717, 1.165) is 17.7 Å². The van der Waals surface area contributed by atoms with Crippen molar-refractivity contribution >= 4 is 5.78 Å². The summed E-state index contributed by atoms with van der Waals surface area (Å²) in [6, 6.07) is 11.8. The molecule has 0 atom stereocenters. The van der Waals surface area contributed by atoms with E-state index < -0.39 is 0 Å². The van der Waals surface area contributed by atoms with E-state index in [9.17, 15) is 9.90 Å². The van der Waals surface area contributed by atoms with Crippen molar-refractivity contribution in [3.63, 3.8) is 0 Å². The molecule has 2 aromatic rings. The van der Waals surface area contributed by atoms with Crippen molar-refractivity contribution in [2.45, 2.75) is 6.42 Å². The molecule has 3 heteroatoms. The van der Waals surface area contributed by atoms with Crippen LogP contribution in [-0.2, 0) is 6.42 Å². The van der Waals surface area contributed by atoms with Gasteiger partial charge in [-0.15, -0.1) is 0 Å². The first-order valence-electron chi connectivity index (χ1n) is 5.83. The molecule has 18 heavy (non-hydrogen) atoms. The second-order valence-corrected chi connectivity index (χ2v) is 4.30. The number of rotatable bonds is 2. The zero-order valence-corrected chi connectivity index (χ0v) is 9.72. The molecule has 0 bridgehead atoms. The Kier molecular flexibility index (Phi) is 2.52. The smallest absolute Gasteiger partial charge is 0.193 e. The third kappa shape index (κ3) is 1.84. The Balaban J connectivity index is 1.95. The third-order valence-corrected chi connectivity index (χ3v) is 3.08. The minimum atomic E-state index is -0.0373. The summed E-state index contributed by atoms with van der Waals surface area (Å²) >= 11 is 0. The lowest BCUT2D eigenvalue weighted by atomic mass is 10.0. The maximum absolute atomic E-state index is 12.2. The van der Waals surface area contributed by atoms with Crippen molar-refractivity contribution in [2.24, 2.45) is 0 Å². The molecule has 1 heterocycles. The summed E-state index contributed by atoms with van der Waals surface area (Å²) in [5, 5.41) is 9.21. The van der Waals surface area contributed by atoms with E-state index in [0.29, 0.717) is 17.7 Å². The van der Waals surface area contributed by atoms with Crippen molar-refractivity contribution in [2.75, 3.05) is 6.61 Å². The lowest BCUT2D eigenvalue weighted by Crippen LogP contribution is -2.01. The van der Waals surface area contributed by atoms with Crippen LogP contribution in [0.1, 0.15) is 21.5 Å². The Hall–Kier alpha value is -2.29. The summed E-state index contributed by atoms with van der Waals surface area (Å²) in [4.78, 5) is 12.2. The van der Waals surface area contributed by atoms with E-state index in [4.69, 9.17) is 4.74 Å². The molecule has 3 rings (SSSR count). The van der Waals surface area contributed by atoms with Gasteiger partial charge in [-0.1, -0.05) is 0 Å². The largest absolute Gasteiger partial charge is 0.508 e. The zero-order chi connectivity index (χ0) is 12.5. The summed E-state index contributed by atoms with van der Waals surface area (Å²) < 4.78 is 5.41. The number of carbonyl (C=O) groups is 1. The van der Waals surface area contributed by atoms with E-state index >= 15 is 0 Å². The number of carbonyl (C=O) groups excluding carboxylic acids is 1. The Labute approximate surface area is 105 Å². The predicted octanol–water partition coefficient (Wildman–Crippen LogP) is 2.56. The van der Waals surface area contributed by atoms with E-state index in [1.807, 2.05) is 12.1 Å². The number of hydrogen-bond donors (Lipinski definition) is 1. The van der Waals surface area contributed by atoms with E-state index in [1.165, 1.54) is 12.1 Å². The number of fused-ring (bicyclic) bond motifs is 1. The van der Waals surface area contributed by atoms with E-state index in [1.54, 1.807) is 18.2 Å². The second kappa shape index (κ2) is 4.18. The van der Waals surface area contributed by atoms with Gasteiger partial charge in [-0.25, -0.2) is 0 Å². The lowest BCUT2D eigenvalue weighted by molar-refractivity contribution is 0.103. The summed E-state index contributed by atoms with van der Waals surface area (Å²) in [7, 11) is 0. The molecule has 0 amide bonds. The zero-order valence-electron chi connectivity index (χ0n) is 9.72. The fourth-order valence-corrected chi connectivity index (χ4v) is 2.11. The van der Waals surface area contributed by atoms with Gasteiger partial charge in [0.25, 0.3) is 0 Å². The highest BCUT2D eigenvalue weighted by Gasteiger charge is 2.15. The Bertz CT molecular complexity index is 600. The Morgan fingerprint density at radius 2 is 1.78 bits per heavy atom. The number of phenols is 1. The molecule has 1 aliphatic rings. The molecule has 90 valence electrons. The van der Waals surface area contributed by atoms with Gasteiger partial charge in [0, 0.05) is 17.5 Å². The van der Waals surface area contributed by atoms with E-state index in [-0.39, 0.29) is 11.5 Å². The highest BCUT2D eigenvalue weighted by Crippen LogP contribution is 2.27. The third-order valence-electron chi connectivity index (χ3n) is 3.08. The second-order valence-electron chi connectivity index (χ2n) is 4.30. The Morgan fingerprint density at radius 3 is 2.56 bits per heavy atom. The van der Waals surface area contributed by atoms with Crippen LogP contribution in [0.4, 0.5) is 0 Å². The summed E-state index contributed by atoms with van der Waals surface area (Å²) in [5.41, 5.74) is 2.32. The average Bonchev–Trinajstić information content (AvgIpc) is 2.86. The SMILES string of the molecule is O=C(c1ccc(O)cc1)c1ccc2c(c1)CCO2. The molecule has 1 aliphatic heterocycles. The quantitative estimate of drug-likeness (QED) is 0.820. The average molecular weight is 240 g/mol. The molecule has 0 saturated heterocycles. The molecular weight excluding hydrogens is 228 g/mol. The van der Waals surface area contributed by atoms with Crippen molar-refractivity contribution < 1.29 is 14.6 Å². The molecule has 0 aromatic heterocycles. The van der Waals surface area contributed by atoms with Crippen LogP contribution >= 0.6 is 0 Å². The molecule has 0 radical (unpaired) electrons. The van der Waals surface area contributed by atoms with Gasteiger partial charge in [0.05, 0.1) is 6.61 Å². The van der Waals surface area contributed by atoms with Gasteiger partial charge in [-0.3, -0.25) is 4.79 Å². The van der Waals surface area contributed by atoms with Gasteiger partial charge in [0.15, 0.2) is 5.78 Å². The van der Waals surface area contributed by atoms with Crippen LogP contribution in [0.25, 0.3) is 0 Å². The van der Waals surface area contributed by atoms with Gasteiger partial charge in [0.2, 0.25) is 0 Å². The van der Waals surface area contributed by atoms with Crippen molar-refractivity contribution in [3.8, 4) is 11.5 Å². The number of aromatic hydroxyl groups is 1. The van der Waals surface area contributed by atoms with Crippen LogP contribution in [0.5, 0.6) is 11.5 Å². The summed E-state index contributed by atoms with van der Waals surface area (Å²) in [6.07, 6.45) is 0.853. The molecule has 2 aromatic carbocycles. The number of hydrogen-bond acceptors (Lipinski definition) is 3. The van der Waals surface area contributed by atoms with Crippen LogP contribution in [0, 0.1) is 0 Å². The maximum Gasteiger partial charge on any atom is 0.193 e. The molecule has 1 N–H and O–H groups in total. The van der Waals surface area contributed by atoms with E-state index in [2.05, 4.69) is 0 Å². The van der Waals surface area contributed by atoms with Crippen molar-refractivity contribution in [1.29, 1.82) is 0 Å². The molecule has 0 saturated carbocycles. The van der Waals surface area contributed by atoms with Crippen LogP contribution in [0.3, 0.4) is 0 Å². The number of ketones is 1. The minimum Gasteiger partial charge on any atom is -0.508 e. The molecule has 0 unspecified atom stereocenters. The molecule has 3 nitrogen and oxygen atoms in total. The fraction of sp³-hybridized carbons (Fsp3) is 0.133. The van der Waals surface area contributed by atoms with Gasteiger partial charge in [-0.2, -0.15) is 0 Å². The minimum absolute atomic E-state index is 0.0373. The standard InChI is InChI=1S/C15H12O3/c16-13-4-1-10(2-5-13)15(17)12-3-6-14-11(9-12)7-8-18-14/h1-6,9,16H,7-8H2. The Morgan fingerprint density at radius 1 is 1.06 bits per heavy atom.